The molecule has 0 spiro atoms. The van der Waals surface area contributed by atoms with Crippen molar-refractivity contribution in [2.45, 2.75) is 31.5 Å². The van der Waals surface area contributed by atoms with E-state index in [0.717, 1.165) is 55.0 Å². The molecule has 5 rings (SSSR count). The Kier molecular flexibility index (Phi) is 5.82. The van der Waals surface area contributed by atoms with Crippen molar-refractivity contribution in [3.8, 4) is 5.75 Å². The number of hydrogen-bond acceptors (Lipinski definition) is 3. The Labute approximate surface area is 189 Å². The van der Waals surface area contributed by atoms with Gasteiger partial charge in [-0.05, 0) is 42.2 Å². The molecule has 0 bridgehead atoms. The molecule has 2 heterocycles. The van der Waals surface area contributed by atoms with Crippen molar-refractivity contribution < 1.29 is 9.53 Å². The lowest BCUT2D eigenvalue weighted by atomic mass is 9.90. The van der Waals surface area contributed by atoms with Gasteiger partial charge in [0.05, 0.1) is 13.2 Å². The van der Waals surface area contributed by atoms with Crippen LogP contribution in [-0.4, -0.2) is 42.1 Å². The van der Waals surface area contributed by atoms with Gasteiger partial charge in [0, 0.05) is 36.9 Å². The van der Waals surface area contributed by atoms with Crippen molar-refractivity contribution in [1.82, 2.24) is 9.80 Å². The molecular weight excluding hydrogens is 398 g/mol. The molecule has 1 unspecified atom stereocenters. The SMILES string of the molecule is COc1ccc2c(c1)C(c1ccccc1)N(C1CCN(Cc3ccccc3)CC1)C(=O)N2. The number of benzene rings is 3. The summed E-state index contributed by atoms with van der Waals surface area (Å²) < 4.78 is 5.50. The number of hydrogen-bond donors (Lipinski definition) is 1. The molecule has 5 nitrogen and oxygen atoms in total. The van der Waals surface area contributed by atoms with Crippen molar-refractivity contribution in [3.63, 3.8) is 0 Å². The summed E-state index contributed by atoms with van der Waals surface area (Å²) in [6.07, 6.45) is 1.92. The number of nitrogens with zero attached hydrogens (tertiary/aromatic N) is 2. The van der Waals surface area contributed by atoms with Gasteiger partial charge in [-0.3, -0.25) is 4.90 Å². The van der Waals surface area contributed by atoms with Crippen LogP contribution in [0.2, 0.25) is 0 Å². The van der Waals surface area contributed by atoms with Gasteiger partial charge in [-0.1, -0.05) is 60.7 Å². The molecule has 3 aromatic carbocycles. The van der Waals surface area contributed by atoms with E-state index >= 15 is 0 Å². The summed E-state index contributed by atoms with van der Waals surface area (Å²) in [7, 11) is 1.68. The summed E-state index contributed by atoms with van der Waals surface area (Å²) in [5, 5.41) is 3.13. The van der Waals surface area contributed by atoms with E-state index < -0.39 is 0 Å². The number of likely N-dealkylation sites (tertiary alicyclic amines) is 1. The molecule has 1 fully saturated rings. The smallest absolute Gasteiger partial charge is 0.322 e. The first kappa shape index (κ1) is 20.6. The van der Waals surface area contributed by atoms with Crippen molar-refractivity contribution >= 4 is 11.7 Å². The van der Waals surface area contributed by atoms with Crippen molar-refractivity contribution in [2.24, 2.45) is 0 Å². The number of anilines is 1. The lowest BCUT2D eigenvalue weighted by Crippen LogP contribution is -2.52. The highest BCUT2D eigenvalue weighted by atomic mass is 16.5. The van der Waals surface area contributed by atoms with Crippen LogP contribution in [-0.2, 0) is 6.54 Å². The maximum absolute atomic E-state index is 13.3. The predicted molar refractivity (Wildman–Crippen MR) is 127 cm³/mol. The molecule has 2 aliphatic rings. The van der Waals surface area contributed by atoms with E-state index in [2.05, 4.69) is 63.6 Å². The van der Waals surface area contributed by atoms with Crippen LogP contribution >= 0.6 is 0 Å². The topological polar surface area (TPSA) is 44.8 Å². The first-order chi connectivity index (χ1) is 15.7. The number of fused-ring (bicyclic) bond motifs is 1. The van der Waals surface area contributed by atoms with Gasteiger partial charge in [-0.15, -0.1) is 0 Å². The van der Waals surface area contributed by atoms with Gasteiger partial charge in [0.25, 0.3) is 0 Å². The molecule has 0 aliphatic carbocycles. The zero-order valence-electron chi connectivity index (χ0n) is 18.4. The summed E-state index contributed by atoms with van der Waals surface area (Å²) in [5.74, 6) is 0.804. The lowest BCUT2D eigenvalue weighted by molar-refractivity contribution is 0.105. The van der Waals surface area contributed by atoms with Gasteiger partial charge < -0.3 is 15.0 Å². The zero-order chi connectivity index (χ0) is 21.9. The highest BCUT2D eigenvalue weighted by molar-refractivity contribution is 5.94. The summed E-state index contributed by atoms with van der Waals surface area (Å²) in [6, 6.07) is 26.9. The fraction of sp³-hybridized carbons (Fsp3) is 0.296. The minimum Gasteiger partial charge on any atom is -0.497 e. The van der Waals surface area contributed by atoms with Gasteiger partial charge in [-0.2, -0.15) is 0 Å². The monoisotopic (exact) mass is 427 g/mol. The molecule has 1 atom stereocenters. The number of carbonyl (C=O) groups is 1. The molecule has 0 radical (unpaired) electrons. The van der Waals surface area contributed by atoms with E-state index in [-0.39, 0.29) is 18.1 Å². The highest BCUT2D eigenvalue weighted by Gasteiger charge is 2.39. The Morgan fingerprint density at radius 3 is 2.31 bits per heavy atom. The highest BCUT2D eigenvalue weighted by Crippen LogP contribution is 2.42. The number of nitrogens with one attached hydrogen (secondary N) is 1. The van der Waals surface area contributed by atoms with E-state index in [4.69, 9.17) is 4.74 Å². The van der Waals surface area contributed by atoms with Crippen LogP contribution in [0.25, 0.3) is 0 Å². The Bertz CT molecular complexity index is 1060. The largest absolute Gasteiger partial charge is 0.497 e. The normalized spacial score (nSPS) is 19.3. The van der Waals surface area contributed by atoms with Crippen LogP contribution in [0.5, 0.6) is 5.75 Å². The quantitative estimate of drug-likeness (QED) is 0.601. The molecule has 32 heavy (non-hydrogen) atoms. The third kappa shape index (κ3) is 4.08. The van der Waals surface area contributed by atoms with Gasteiger partial charge in [0.15, 0.2) is 0 Å². The number of amides is 2. The number of methoxy groups -OCH3 is 1. The second-order valence-corrected chi connectivity index (χ2v) is 8.60. The van der Waals surface area contributed by atoms with Crippen LogP contribution < -0.4 is 10.1 Å². The Morgan fingerprint density at radius 2 is 1.62 bits per heavy atom. The fourth-order valence-electron chi connectivity index (χ4n) is 5.00. The molecule has 2 aliphatic heterocycles. The average molecular weight is 428 g/mol. The molecule has 1 saturated heterocycles. The van der Waals surface area contributed by atoms with E-state index in [9.17, 15) is 4.79 Å². The fourth-order valence-corrected chi connectivity index (χ4v) is 5.00. The van der Waals surface area contributed by atoms with Crippen molar-refractivity contribution in [3.05, 3.63) is 95.6 Å². The van der Waals surface area contributed by atoms with Crippen LogP contribution in [0.1, 0.15) is 35.6 Å². The van der Waals surface area contributed by atoms with E-state index in [1.165, 1.54) is 5.56 Å². The van der Waals surface area contributed by atoms with E-state index in [1.54, 1.807) is 7.11 Å². The van der Waals surface area contributed by atoms with Gasteiger partial charge in [0.1, 0.15) is 5.75 Å². The number of ether oxygens (including phenoxy) is 1. The lowest BCUT2D eigenvalue weighted by Gasteiger charge is -2.45. The van der Waals surface area contributed by atoms with Gasteiger partial charge in [-0.25, -0.2) is 4.79 Å². The summed E-state index contributed by atoms with van der Waals surface area (Å²) in [5.41, 5.74) is 4.41. The van der Waals surface area contributed by atoms with Crippen molar-refractivity contribution in [1.29, 1.82) is 0 Å². The standard InChI is InChI=1S/C27H29N3O2/c1-32-23-12-13-25-24(18-23)26(21-10-6-3-7-11-21)30(27(31)28-25)22-14-16-29(17-15-22)19-20-8-4-2-5-9-20/h2-13,18,22,26H,14-17,19H2,1H3,(H,28,31). The number of rotatable bonds is 5. The van der Waals surface area contributed by atoms with Crippen LogP contribution in [0.4, 0.5) is 10.5 Å². The minimum atomic E-state index is -0.124. The molecule has 0 saturated carbocycles. The molecule has 164 valence electrons. The first-order valence-corrected chi connectivity index (χ1v) is 11.3. The first-order valence-electron chi connectivity index (χ1n) is 11.3. The van der Waals surface area contributed by atoms with Crippen LogP contribution in [0, 0.1) is 0 Å². The average Bonchev–Trinajstić information content (AvgIpc) is 2.85. The maximum atomic E-state index is 13.3. The summed E-state index contributed by atoms with van der Waals surface area (Å²) in [6.45, 7) is 2.92. The third-order valence-corrected chi connectivity index (χ3v) is 6.62. The molecule has 3 aromatic rings. The molecular formula is C27H29N3O2. The number of urea groups is 1. The minimum absolute atomic E-state index is 0.0157. The van der Waals surface area contributed by atoms with E-state index in [1.807, 2.05) is 30.3 Å². The van der Waals surface area contributed by atoms with Gasteiger partial charge >= 0.3 is 6.03 Å². The molecule has 0 aromatic heterocycles. The molecule has 1 N–H and O–H groups in total. The predicted octanol–water partition coefficient (Wildman–Crippen LogP) is 5.30. The molecule has 2 amide bonds. The number of piperidine rings is 1. The Morgan fingerprint density at radius 1 is 0.938 bits per heavy atom. The molecule has 5 heteroatoms. The Balaban J connectivity index is 1.41. The third-order valence-electron chi connectivity index (χ3n) is 6.62. The Hall–Kier alpha value is -3.31. The van der Waals surface area contributed by atoms with Crippen LogP contribution in [0.15, 0.2) is 78.9 Å². The summed E-state index contributed by atoms with van der Waals surface area (Å²) in [4.78, 5) is 17.9. The second kappa shape index (κ2) is 9.05. The number of carbonyl (C=O) groups excluding carboxylic acids is 1. The zero-order valence-corrected chi connectivity index (χ0v) is 18.4. The van der Waals surface area contributed by atoms with Gasteiger partial charge in [0.2, 0.25) is 0 Å². The summed E-state index contributed by atoms with van der Waals surface area (Å²) >= 11 is 0. The second-order valence-electron chi connectivity index (χ2n) is 8.60. The van der Waals surface area contributed by atoms with E-state index in [0.29, 0.717) is 0 Å². The van der Waals surface area contributed by atoms with Crippen molar-refractivity contribution in [2.75, 3.05) is 25.5 Å². The van der Waals surface area contributed by atoms with Crippen LogP contribution in [0.3, 0.4) is 0 Å². The maximum Gasteiger partial charge on any atom is 0.322 e.